The summed E-state index contributed by atoms with van der Waals surface area (Å²) in [5, 5.41) is 49.6. The van der Waals surface area contributed by atoms with E-state index in [4.69, 9.17) is 14.6 Å². The molecule has 1 aliphatic carbocycles. The maximum atomic E-state index is 14.3. The number of carbonyl (C=O) groups excluding carboxylic acids is 4. The summed E-state index contributed by atoms with van der Waals surface area (Å²) in [6.07, 6.45) is 6.07. The third-order valence-electron chi connectivity index (χ3n) is 16.7. The number of aromatic nitrogens is 2. The fourth-order valence-electron chi connectivity index (χ4n) is 11.3. The maximum absolute atomic E-state index is 14.3. The average molecular weight is 1230 g/mol. The molecule has 2 aromatic carbocycles. The van der Waals surface area contributed by atoms with E-state index in [9.17, 15) is 58.8 Å². The van der Waals surface area contributed by atoms with Crippen LogP contribution < -0.4 is 20.1 Å². The molecule has 2 fully saturated rings. The summed E-state index contributed by atoms with van der Waals surface area (Å²) in [4.78, 5) is 115. The van der Waals surface area contributed by atoms with Gasteiger partial charge in [0.15, 0.2) is 11.2 Å². The summed E-state index contributed by atoms with van der Waals surface area (Å²) >= 11 is 0. The Morgan fingerprint density at radius 2 is 1.24 bits per heavy atom. The van der Waals surface area contributed by atoms with Crippen molar-refractivity contribution >= 4 is 47.5 Å². The molecule has 25 heteroatoms. The van der Waals surface area contributed by atoms with Gasteiger partial charge in [-0.1, -0.05) is 46.3 Å². The first-order valence-electron chi connectivity index (χ1n) is 30.6. The van der Waals surface area contributed by atoms with Gasteiger partial charge in [-0.2, -0.15) is 5.10 Å². The van der Waals surface area contributed by atoms with Gasteiger partial charge in [-0.05, 0) is 124 Å². The second kappa shape index (κ2) is 34.9. The number of hydrogen-bond donors (Lipinski definition) is 6. The number of carboxylic acid groups (broad SMARTS) is 4. The molecule has 1 saturated heterocycles. The van der Waals surface area contributed by atoms with Crippen LogP contribution >= 0.6 is 0 Å². The standard InChI is InChI=1S/C63H95N11O14/c1-10-46-22-23-63(62(85)86,45(4)37-46)65-60(83)49-39-51(59-52(87-8)17-14-18-53(59)88-9)74(66-49)50-21-20-47(38-48(50)44(2)3)61(84)69(7)28-16-26-67(5)25-15-27-68(6)55(76)19-12-11-13-24-64-54(75)40-70-29-31-71(41-56(77)78)33-35-73(43-58(81)82)36-34-72(32-30-70)42-57(79)80/h14,17-18,20-21,38-39,44,46H,4,10-13,15-16,19,22-37,40-43H2,1-3,5-9H3,(H,64,75)(H,65,83)(H,77,78)(H,79,80)(H,81,82)(H,85,86). The molecule has 0 bridgehead atoms. The Balaban J connectivity index is 1.08. The molecule has 2 heterocycles. The molecular weight excluding hydrogens is 1130 g/mol. The number of carboxylic acids is 4. The van der Waals surface area contributed by atoms with Crippen molar-refractivity contribution in [3.63, 3.8) is 0 Å². The molecule has 486 valence electrons. The van der Waals surface area contributed by atoms with Crippen LogP contribution in [0.5, 0.6) is 11.5 Å². The zero-order valence-electron chi connectivity index (χ0n) is 52.9. The van der Waals surface area contributed by atoms with Gasteiger partial charge in [0.05, 0.1) is 57.3 Å². The number of aliphatic carboxylic acids is 4. The van der Waals surface area contributed by atoms with Crippen molar-refractivity contribution in [2.24, 2.45) is 5.92 Å². The van der Waals surface area contributed by atoms with Crippen LogP contribution in [-0.2, 0) is 28.8 Å². The summed E-state index contributed by atoms with van der Waals surface area (Å²) in [5.74, 6) is -4.19. The quantitative estimate of drug-likeness (QED) is 0.0373. The van der Waals surface area contributed by atoms with Gasteiger partial charge in [0.2, 0.25) is 11.8 Å². The minimum Gasteiger partial charge on any atom is -0.496 e. The van der Waals surface area contributed by atoms with Crippen molar-refractivity contribution in [2.75, 3.05) is 147 Å². The van der Waals surface area contributed by atoms with Gasteiger partial charge in [-0.3, -0.25) is 53.2 Å². The van der Waals surface area contributed by atoms with Crippen molar-refractivity contribution in [2.45, 2.75) is 96.4 Å². The Morgan fingerprint density at radius 3 is 1.73 bits per heavy atom. The van der Waals surface area contributed by atoms with Crippen LogP contribution in [0.3, 0.4) is 0 Å². The predicted octanol–water partition coefficient (Wildman–Crippen LogP) is 4.39. The van der Waals surface area contributed by atoms with Crippen molar-refractivity contribution in [3.8, 4) is 28.4 Å². The predicted molar refractivity (Wildman–Crippen MR) is 332 cm³/mol. The lowest BCUT2D eigenvalue weighted by atomic mass is 9.72. The van der Waals surface area contributed by atoms with Gasteiger partial charge < -0.3 is 55.2 Å². The van der Waals surface area contributed by atoms with Gasteiger partial charge >= 0.3 is 23.9 Å². The first-order valence-corrected chi connectivity index (χ1v) is 30.6. The number of ether oxygens (including phenoxy) is 2. The maximum Gasteiger partial charge on any atom is 0.333 e. The van der Waals surface area contributed by atoms with Crippen molar-refractivity contribution in [1.29, 1.82) is 0 Å². The molecule has 25 nitrogen and oxygen atoms in total. The summed E-state index contributed by atoms with van der Waals surface area (Å²) in [6.45, 7) is 14.9. The number of carbonyl (C=O) groups is 8. The molecule has 88 heavy (non-hydrogen) atoms. The van der Waals surface area contributed by atoms with Crippen LogP contribution in [0.2, 0.25) is 0 Å². The van der Waals surface area contributed by atoms with E-state index in [0.29, 0.717) is 124 Å². The number of methoxy groups -OCH3 is 2. The topological polar surface area (TPSA) is 300 Å². The molecule has 2 atom stereocenters. The molecule has 0 radical (unpaired) electrons. The highest BCUT2D eigenvalue weighted by Gasteiger charge is 2.46. The number of benzene rings is 2. The number of rotatable bonds is 32. The average Bonchev–Trinajstić information content (AvgIpc) is 1.53. The van der Waals surface area contributed by atoms with Gasteiger partial charge in [0, 0.05) is 98.1 Å². The third kappa shape index (κ3) is 21.1. The molecule has 1 aliphatic heterocycles. The zero-order chi connectivity index (χ0) is 64.7. The summed E-state index contributed by atoms with van der Waals surface area (Å²) < 4.78 is 13.2. The minimum absolute atomic E-state index is 0.0269. The van der Waals surface area contributed by atoms with Crippen LogP contribution in [0.4, 0.5) is 0 Å². The Morgan fingerprint density at radius 1 is 0.705 bits per heavy atom. The highest BCUT2D eigenvalue weighted by atomic mass is 16.5. The Kier molecular flexibility index (Phi) is 28.3. The van der Waals surface area contributed by atoms with Crippen molar-refractivity contribution < 1.29 is 68.3 Å². The lowest BCUT2D eigenvalue weighted by molar-refractivity contribution is -0.144. The first kappa shape index (κ1) is 71.3. The zero-order valence-corrected chi connectivity index (χ0v) is 52.9. The van der Waals surface area contributed by atoms with Crippen molar-refractivity contribution in [1.82, 2.24) is 54.7 Å². The lowest BCUT2D eigenvalue weighted by Gasteiger charge is -2.39. The molecule has 1 aromatic heterocycles. The second-order valence-electron chi connectivity index (χ2n) is 23.6. The minimum atomic E-state index is -1.66. The largest absolute Gasteiger partial charge is 0.496 e. The van der Waals surface area contributed by atoms with E-state index >= 15 is 0 Å². The Bertz CT molecular complexity index is 2830. The molecule has 1 saturated carbocycles. The van der Waals surface area contributed by atoms with Gasteiger partial charge in [0.25, 0.3) is 11.8 Å². The summed E-state index contributed by atoms with van der Waals surface area (Å²) in [6, 6.07) is 12.3. The van der Waals surface area contributed by atoms with E-state index in [2.05, 4.69) is 29.0 Å². The number of hydrogen-bond acceptors (Lipinski definition) is 16. The van der Waals surface area contributed by atoms with Crippen LogP contribution in [0, 0.1) is 5.92 Å². The second-order valence-corrected chi connectivity index (χ2v) is 23.6. The normalized spacial score (nSPS) is 17.6. The fraction of sp³-hybridized carbons (Fsp3) is 0.603. The summed E-state index contributed by atoms with van der Waals surface area (Å²) in [7, 11) is 8.64. The molecule has 4 amide bonds. The number of amides is 4. The van der Waals surface area contributed by atoms with E-state index < -0.39 is 35.3 Å². The number of unbranched alkanes of at least 4 members (excludes halogenated alkanes) is 2. The van der Waals surface area contributed by atoms with Gasteiger partial charge in [-0.15, -0.1) is 0 Å². The molecule has 3 aromatic rings. The van der Waals surface area contributed by atoms with Crippen LogP contribution in [-0.4, -0.2) is 264 Å². The number of nitrogens with zero attached hydrogens (tertiary/aromatic N) is 9. The molecule has 0 spiro atoms. The van der Waals surface area contributed by atoms with Crippen LogP contribution in [0.25, 0.3) is 16.9 Å². The Hall–Kier alpha value is -7.45. The number of nitrogens with one attached hydrogen (secondary N) is 2. The van der Waals surface area contributed by atoms with E-state index in [1.54, 1.807) is 79.7 Å². The van der Waals surface area contributed by atoms with E-state index in [0.717, 1.165) is 37.9 Å². The van der Waals surface area contributed by atoms with Crippen molar-refractivity contribution in [3.05, 3.63) is 71.4 Å². The van der Waals surface area contributed by atoms with E-state index in [-0.39, 0.29) is 94.0 Å². The monoisotopic (exact) mass is 1230 g/mol. The highest BCUT2D eigenvalue weighted by molar-refractivity contribution is 5.99. The van der Waals surface area contributed by atoms with E-state index in [1.165, 1.54) is 14.2 Å². The summed E-state index contributed by atoms with van der Waals surface area (Å²) in [5.41, 5.74) is 1.58. The fourth-order valence-corrected chi connectivity index (χ4v) is 11.3. The molecule has 6 N–H and O–H groups in total. The SMILES string of the molecule is C=C1CC(CC)CCC1(NC(=O)c1cc(-c2c(OC)cccc2OC)n(-c2ccc(C(=O)N(C)CCCN(C)CCCN(C)C(=O)CCCCCNC(=O)CN3CCN(CC(=O)O)CCN(CC(=O)O)CCN(CC(=O)O)CC3)cc2C(C)C)n1)C(=O)O. The lowest BCUT2D eigenvalue weighted by Crippen LogP contribution is -2.57. The van der Waals surface area contributed by atoms with Crippen LogP contribution in [0.15, 0.2) is 54.6 Å². The van der Waals surface area contributed by atoms with Gasteiger partial charge in [0.1, 0.15) is 11.5 Å². The molecule has 2 unspecified atom stereocenters. The van der Waals surface area contributed by atoms with Gasteiger partial charge in [-0.25, -0.2) is 9.48 Å². The molecule has 2 aliphatic rings. The molecular formula is C63H95N11O14. The smallest absolute Gasteiger partial charge is 0.333 e. The van der Waals surface area contributed by atoms with Crippen LogP contribution in [0.1, 0.15) is 117 Å². The first-order chi connectivity index (χ1) is 41.9. The Labute approximate surface area is 517 Å². The highest BCUT2D eigenvalue weighted by Crippen LogP contribution is 2.42. The molecule has 5 rings (SSSR count). The third-order valence-corrected chi connectivity index (χ3v) is 16.7. The van der Waals surface area contributed by atoms with E-state index in [1.807, 2.05) is 31.9 Å².